The number of carboxylic acid groups (broad SMARTS) is 1. The summed E-state index contributed by atoms with van der Waals surface area (Å²) >= 11 is 0. The second kappa shape index (κ2) is 4.70. The van der Waals surface area contributed by atoms with E-state index in [0.29, 0.717) is 11.5 Å². The van der Waals surface area contributed by atoms with Gasteiger partial charge in [-0.15, -0.1) is 0 Å². The summed E-state index contributed by atoms with van der Waals surface area (Å²) in [6.45, 7) is 0. The molecule has 0 radical (unpaired) electrons. The van der Waals surface area contributed by atoms with Crippen molar-refractivity contribution in [3.63, 3.8) is 0 Å². The van der Waals surface area contributed by atoms with Crippen LogP contribution in [0.4, 0.5) is 0 Å². The van der Waals surface area contributed by atoms with Crippen LogP contribution in [0.3, 0.4) is 0 Å². The molecule has 1 N–H and O–H groups in total. The number of fused-ring (bicyclic) bond motifs is 1. The summed E-state index contributed by atoms with van der Waals surface area (Å²) in [7, 11) is 1.71. The van der Waals surface area contributed by atoms with Crippen LogP contribution in [0.5, 0.6) is 11.5 Å². The quantitative estimate of drug-likeness (QED) is 0.792. The molecule has 0 spiro atoms. The molecule has 0 atom stereocenters. The van der Waals surface area contributed by atoms with Gasteiger partial charge in [-0.2, -0.15) is 0 Å². The number of aryl methyl sites for hydroxylation is 1. The maximum atomic E-state index is 11.2. The van der Waals surface area contributed by atoms with E-state index in [0.717, 1.165) is 10.9 Å². The number of hydrogen-bond donors (Lipinski definition) is 1. The normalized spacial score (nSPS) is 10.7. The second-order valence-electron chi connectivity index (χ2n) is 4.37. The zero-order valence-electron chi connectivity index (χ0n) is 10.8. The molecule has 1 aromatic carbocycles. The van der Waals surface area contributed by atoms with Gasteiger partial charge in [0.1, 0.15) is 11.4 Å². The number of aromatic nitrogens is 2. The molecule has 0 amide bonds. The van der Waals surface area contributed by atoms with Gasteiger partial charge in [-0.3, -0.25) is 4.98 Å². The summed E-state index contributed by atoms with van der Waals surface area (Å²) in [5, 5.41) is 10.0. The Kier molecular flexibility index (Phi) is 2.87. The van der Waals surface area contributed by atoms with Crippen LogP contribution in [0.1, 0.15) is 10.5 Å². The first-order valence-electron chi connectivity index (χ1n) is 6.06. The summed E-state index contributed by atoms with van der Waals surface area (Å²) < 4.78 is 7.43. The third-order valence-corrected chi connectivity index (χ3v) is 3.12. The fourth-order valence-corrected chi connectivity index (χ4v) is 2.20. The number of carboxylic acids is 1. The largest absolute Gasteiger partial charge is 0.477 e. The molecule has 0 saturated carbocycles. The number of rotatable bonds is 3. The molecule has 0 fully saturated rings. The Bertz CT molecular complexity index is 778. The summed E-state index contributed by atoms with van der Waals surface area (Å²) in [6.07, 6.45) is 3.28. The predicted molar refractivity (Wildman–Crippen MR) is 74.2 cm³/mol. The summed E-state index contributed by atoms with van der Waals surface area (Å²) in [4.78, 5) is 15.1. The standard InChI is InChI=1S/C15H12N2O3/c1-17-12(15(18)19)9-10-3-2-4-13(14(10)17)20-11-5-7-16-8-6-11/h2-9H,1H3,(H,18,19). The summed E-state index contributed by atoms with van der Waals surface area (Å²) in [5.74, 6) is 0.313. The first-order valence-corrected chi connectivity index (χ1v) is 6.06. The van der Waals surface area contributed by atoms with Crippen LogP contribution in [-0.4, -0.2) is 20.6 Å². The van der Waals surface area contributed by atoms with Crippen LogP contribution in [-0.2, 0) is 7.05 Å². The van der Waals surface area contributed by atoms with Crippen molar-refractivity contribution in [3.05, 3.63) is 54.5 Å². The number of hydrogen-bond acceptors (Lipinski definition) is 3. The predicted octanol–water partition coefficient (Wildman–Crippen LogP) is 3.06. The molecule has 2 aromatic heterocycles. The van der Waals surface area contributed by atoms with Crippen LogP contribution >= 0.6 is 0 Å². The third-order valence-electron chi connectivity index (χ3n) is 3.12. The van der Waals surface area contributed by atoms with Crippen molar-refractivity contribution in [2.24, 2.45) is 7.05 Å². The SMILES string of the molecule is Cn1c(C(=O)O)cc2cccc(Oc3ccncc3)c21. The minimum Gasteiger partial charge on any atom is -0.477 e. The van der Waals surface area contributed by atoms with Gasteiger partial charge in [-0.25, -0.2) is 4.79 Å². The van der Waals surface area contributed by atoms with Crippen molar-refractivity contribution in [2.45, 2.75) is 0 Å². The minimum atomic E-state index is -0.960. The maximum Gasteiger partial charge on any atom is 0.352 e. The van der Waals surface area contributed by atoms with Crippen molar-refractivity contribution in [2.75, 3.05) is 0 Å². The Morgan fingerprint density at radius 1 is 1.25 bits per heavy atom. The van der Waals surface area contributed by atoms with Gasteiger partial charge in [0.15, 0.2) is 5.75 Å². The molecule has 5 heteroatoms. The van der Waals surface area contributed by atoms with Crippen molar-refractivity contribution in [3.8, 4) is 11.5 Å². The number of aromatic carboxylic acids is 1. The molecule has 0 aliphatic heterocycles. The molecule has 0 unspecified atom stereocenters. The summed E-state index contributed by atoms with van der Waals surface area (Å²) in [5.41, 5.74) is 0.979. The van der Waals surface area contributed by atoms with E-state index in [-0.39, 0.29) is 5.69 Å². The van der Waals surface area contributed by atoms with Gasteiger partial charge in [0.05, 0.1) is 5.52 Å². The Labute approximate surface area is 115 Å². The highest BCUT2D eigenvalue weighted by Crippen LogP contribution is 2.31. The molecule has 20 heavy (non-hydrogen) atoms. The van der Waals surface area contributed by atoms with E-state index in [2.05, 4.69) is 4.98 Å². The van der Waals surface area contributed by atoms with E-state index in [4.69, 9.17) is 4.74 Å². The van der Waals surface area contributed by atoms with Gasteiger partial charge in [-0.1, -0.05) is 12.1 Å². The average Bonchev–Trinajstić information content (AvgIpc) is 2.79. The van der Waals surface area contributed by atoms with E-state index in [9.17, 15) is 9.90 Å². The van der Waals surface area contributed by atoms with Gasteiger partial charge in [0, 0.05) is 24.8 Å². The number of benzene rings is 1. The monoisotopic (exact) mass is 268 g/mol. The average molecular weight is 268 g/mol. The molecule has 0 saturated heterocycles. The topological polar surface area (TPSA) is 64.4 Å². The molecule has 2 heterocycles. The number of carbonyl (C=O) groups is 1. The Morgan fingerprint density at radius 3 is 2.70 bits per heavy atom. The van der Waals surface area contributed by atoms with E-state index in [1.807, 2.05) is 18.2 Å². The highest BCUT2D eigenvalue weighted by Gasteiger charge is 2.15. The Hall–Kier alpha value is -2.82. The third kappa shape index (κ3) is 1.99. The van der Waals surface area contributed by atoms with Crippen LogP contribution in [0.25, 0.3) is 10.9 Å². The molecule has 0 bridgehead atoms. The number of nitrogens with zero attached hydrogens (tertiary/aromatic N) is 2. The van der Waals surface area contributed by atoms with Gasteiger partial charge in [0.2, 0.25) is 0 Å². The maximum absolute atomic E-state index is 11.2. The minimum absolute atomic E-state index is 0.228. The molecule has 0 aliphatic rings. The number of pyridine rings is 1. The highest BCUT2D eigenvalue weighted by molar-refractivity contribution is 5.96. The first kappa shape index (κ1) is 12.2. The molecular formula is C15H12N2O3. The van der Waals surface area contributed by atoms with Gasteiger partial charge in [-0.05, 0) is 24.3 Å². The van der Waals surface area contributed by atoms with E-state index in [1.54, 1.807) is 42.2 Å². The summed E-state index contributed by atoms with van der Waals surface area (Å²) in [6, 6.07) is 10.6. The fraction of sp³-hybridized carbons (Fsp3) is 0.0667. The highest BCUT2D eigenvalue weighted by atomic mass is 16.5. The van der Waals surface area contributed by atoms with Crippen LogP contribution in [0.2, 0.25) is 0 Å². The van der Waals surface area contributed by atoms with Crippen LogP contribution in [0, 0.1) is 0 Å². The second-order valence-corrected chi connectivity index (χ2v) is 4.37. The van der Waals surface area contributed by atoms with Crippen molar-refractivity contribution < 1.29 is 14.6 Å². The van der Waals surface area contributed by atoms with Crippen LogP contribution < -0.4 is 4.74 Å². The van der Waals surface area contributed by atoms with Gasteiger partial charge in [0.25, 0.3) is 0 Å². The first-order chi connectivity index (χ1) is 9.66. The molecule has 5 nitrogen and oxygen atoms in total. The van der Waals surface area contributed by atoms with Crippen LogP contribution in [0.15, 0.2) is 48.8 Å². The molecular weight excluding hydrogens is 256 g/mol. The zero-order valence-corrected chi connectivity index (χ0v) is 10.8. The van der Waals surface area contributed by atoms with Gasteiger partial charge < -0.3 is 14.4 Å². The molecule has 0 aliphatic carbocycles. The van der Waals surface area contributed by atoms with Crippen molar-refractivity contribution in [1.82, 2.24) is 9.55 Å². The fourth-order valence-electron chi connectivity index (χ4n) is 2.20. The Balaban J connectivity index is 2.14. The molecule has 3 rings (SSSR count). The number of para-hydroxylation sites is 1. The van der Waals surface area contributed by atoms with E-state index >= 15 is 0 Å². The van der Waals surface area contributed by atoms with Gasteiger partial charge >= 0.3 is 5.97 Å². The lowest BCUT2D eigenvalue weighted by Crippen LogP contribution is -2.04. The zero-order chi connectivity index (χ0) is 14.1. The molecule has 100 valence electrons. The van der Waals surface area contributed by atoms with Crippen molar-refractivity contribution in [1.29, 1.82) is 0 Å². The lowest BCUT2D eigenvalue weighted by molar-refractivity contribution is 0.0687. The lowest BCUT2D eigenvalue weighted by Gasteiger charge is -2.08. The van der Waals surface area contributed by atoms with Crippen molar-refractivity contribution >= 4 is 16.9 Å². The molecule has 3 aromatic rings. The lowest BCUT2D eigenvalue weighted by atomic mass is 10.2. The number of ether oxygens (including phenoxy) is 1. The Morgan fingerprint density at radius 2 is 2.00 bits per heavy atom. The van der Waals surface area contributed by atoms with E-state index < -0.39 is 5.97 Å². The smallest absolute Gasteiger partial charge is 0.352 e. The van der Waals surface area contributed by atoms with E-state index in [1.165, 1.54) is 0 Å².